The first-order chi connectivity index (χ1) is 14.1. The van der Waals surface area contributed by atoms with Crippen LogP contribution in [0.25, 0.3) is 28.3 Å². The fraction of sp³-hybridized carbons (Fsp3) is 0.0455. The molecule has 0 aliphatic heterocycles. The third-order valence-electron chi connectivity index (χ3n) is 4.35. The van der Waals surface area contributed by atoms with Gasteiger partial charge in [-0.15, -0.1) is 0 Å². The summed E-state index contributed by atoms with van der Waals surface area (Å²) in [5.74, 6) is 0.927. The molecule has 0 aliphatic carbocycles. The van der Waals surface area contributed by atoms with Gasteiger partial charge in [0.2, 0.25) is 5.88 Å². The second kappa shape index (κ2) is 7.96. The minimum Gasteiger partial charge on any atom is -0.479 e. The van der Waals surface area contributed by atoms with Crippen molar-refractivity contribution in [1.29, 1.82) is 5.26 Å². The van der Waals surface area contributed by atoms with Crippen LogP contribution in [0.3, 0.4) is 0 Å². The van der Waals surface area contributed by atoms with E-state index in [0.717, 1.165) is 11.1 Å². The lowest BCUT2D eigenvalue weighted by Gasteiger charge is -2.15. The number of aromatic nitrogens is 3. The Morgan fingerprint density at radius 2 is 1.72 bits per heavy atom. The fourth-order valence-electron chi connectivity index (χ4n) is 3.15. The maximum atomic E-state index is 9.83. The van der Waals surface area contributed by atoms with Crippen LogP contribution in [0.15, 0.2) is 66.9 Å². The van der Waals surface area contributed by atoms with Gasteiger partial charge in [-0.25, -0.2) is 9.97 Å². The number of nitrogens with zero attached hydrogens (tertiary/aromatic N) is 4. The van der Waals surface area contributed by atoms with Gasteiger partial charge in [-0.1, -0.05) is 65.7 Å². The number of hydrogen-bond donors (Lipinski definition) is 0. The van der Waals surface area contributed by atoms with Gasteiger partial charge in [-0.05, 0) is 18.2 Å². The van der Waals surface area contributed by atoms with E-state index in [1.54, 1.807) is 18.2 Å². The van der Waals surface area contributed by atoms with Crippen molar-refractivity contribution in [3.8, 4) is 40.3 Å². The standard InChI is InChI=1S/C22H14Cl2N4O/c1-29-22-19(11-17(24)13-26-22)28-20(15-8-5-9-16(23)10-15)18(12-25)27-21(28)14-6-3-2-4-7-14/h2-11,13H,1H3. The minimum atomic E-state index is 0.258. The van der Waals surface area contributed by atoms with Crippen molar-refractivity contribution >= 4 is 23.2 Å². The quantitative estimate of drug-likeness (QED) is 0.419. The maximum absolute atomic E-state index is 9.83. The van der Waals surface area contributed by atoms with Gasteiger partial charge in [-0.3, -0.25) is 4.57 Å². The average Bonchev–Trinajstić information content (AvgIpc) is 3.14. The summed E-state index contributed by atoms with van der Waals surface area (Å²) in [6.45, 7) is 0. The van der Waals surface area contributed by atoms with E-state index in [4.69, 9.17) is 27.9 Å². The molecule has 0 atom stereocenters. The molecule has 4 aromatic rings. The van der Waals surface area contributed by atoms with Gasteiger partial charge in [-0.2, -0.15) is 5.26 Å². The summed E-state index contributed by atoms with van der Waals surface area (Å²) in [5, 5.41) is 10.8. The number of benzene rings is 2. The van der Waals surface area contributed by atoms with E-state index < -0.39 is 0 Å². The largest absolute Gasteiger partial charge is 0.479 e. The Kier molecular flexibility index (Phi) is 5.22. The predicted octanol–water partition coefficient (Wildman–Crippen LogP) is 5.79. The zero-order valence-corrected chi connectivity index (χ0v) is 16.8. The molecule has 0 aliphatic rings. The molecule has 5 nitrogen and oxygen atoms in total. The Balaban J connectivity index is 2.13. The van der Waals surface area contributed by atoms with E-state index >= 15 is 0 Å². The van der Waals surface area contributed by atoms with E-state index in [9.17, 15) is 5.26 Å². The van der Waals surface area contributed by atoms with Crippen molar-refractivity contribution in [2.75, 3.05) is 7.11 Å². The van der Waals surface area contributed by atoms with Crippen LogP contribution in [0, 0.1) is 11.3 Å². The predicted molar refractivity (Wildman–Crippen MR) is 114 cm³/mol. The minimum absolute atomic E-state index is 0.258. The van der Waals surface area contributed by atoms with Gasteiger partial charge in [0.1, 0.15) is 17.6 Å². The van der Waals surface area contributed by atoms with E-state index in [-0.39, 0.29) is 5.69 Å². The summed E-state index contributed by atoms with van der Waals surface area (Å²) < 4.78 is 7.31. The lowest BCUT2D eigenvalue weighted by atomic mass is 10.1. The molecular formula is C22H14Cl2N4O. The first-order valence-electron chi connectivity index (χ1n) is 8.66. The molecule has 0 bridgehead atoms. The summed E-state index contributed by atoms with van der Waals surface area (Å²) in [7, 11) is 1.53. The molecule has 0 radical (unpaired) electrons. The normalized spacial score (nSPS) is 10.6. The number of hydrogen-bond acceptors (Lipinski definition) is 4. The van der Waals surface area contributed by atoms with Crippen LogP contribution in [0.5, 0.6) is 5.88 Å². The van der Waals surface area contributed by atoms with Gasteiger partial charge < -0.3 is 4.74 Å². The summed E-state index contributed by atoms with van der Waals surface area (Å²) in [6.07, 6.45) is 1.51. The van der Waals surface area contributed by atoms with Crippen LogP contribution in [-0.2, 0) is 0 Å². The molecule has 2 aromatic heterocycles. The SMILES string of the molecule is COc1ncc(Cl)cc1-n1c(-c2ccccc2)nc(C#N)c1-c1cccc(Cl)c1. The van der Waals surface area contributed by atoms with Crippen LogP contribution in [-0.4, -0.2) is 21.6 Å². The van der Waals surface area contributed by atoms with E-state index in [1.165, 1.54) is 13.3 Å². The van der Waals surface area contributed by atoms with Gasteiger partial charge in [0.15, 0.2) is 5.69 Å². The Bertz CT molecular complexity index is 1230. The lowest BCUT2D eigenvalue weighted by molar-refractivity contribution is 0.396. The molecule has 0 N–H and O–H groups in total. The molecule has 2 heterocycles. The zero-order valence-electron chi connectivity index (χ0n) is 15.3. The fourth-order valence-corrected chi connectivity index (χ4v) is 3.49. The van der Waals surface area contributed by atoms with Crippen LogP contribution >= 0.6 is 23.2 Å². The molecule has 29 heavy (non-hydrogen) atoms. The second-order valence-electron chi connectivity index (χ2n) is 6.14. The molecular weight excluding hydrogens is 407 g/mol. The van der Waals surface area contributed by atoms with Crippen molar-refractivity contribution < 1.29 is 4.74 Å². The van der Waals surface area contributed by atoms with E-state index in [0.29, 0.717) is 33.1 Å². The van der Waals surface area contributed by atoms with E-state index in [1.807, 2.05) is 47.0 Å². The third kappa shape index (κ3) is 3.56. The van der Waals surface area contributed by atoms with Crippen LogP contribution in [0.4, 0.5) is 0 Å². The lowest BCUT2D eigenvalue weighted by Crippen LogP contribution is -2.04. The molecule has 0 spiro atoms. The maximum Gasteiger partial charge on any atom is 0.238 e. The first-order valence-corrected chi connectivity index (χ1v) is 9.42. The highest BCUT2D eigenvalue weighted by atomic mass is 35.5. The number of ether oxygens (including phenoxy) is 1. The monoisotopic (exact) mass is 420 g/mol. The van der Waals surface area contributed by atoms with Crippen molar-refractivity contribution in [3.63, 3.8) is 0 Å². The molecule has 0 saturated carbocycles. The molecule has 0 saturated heterocycles. The first kappa shape index (κ1) is 19.0. The summed E-state index contributed by atoms with van der Waals surface area (Å²) in [5.41, 5.74) is 2.98. The highest BCUT2D eigenvalue weighted by molar-refractivity contribution is 6.31. The van der Waals surface area contributed by atoms with Gasteiger partial charge in [0.05, 0.1) is 17.8 Å². The van der Waals surface area contributed by atoms with Crippen molar-refractivity contribution in [3.05, 3.63) is 82.6 Å². The van der Waals surface area contributed by atoms with Crippen molar-refractivity contribution in [2.24, 2.45) is 0 Å². The van der Waals surface area contributed by atoms with E-state index in [2.05, 4.69) is 16.0 Å². The smallest absolute Gasteiger partial charge is 0.238 e. The number of methoxy groups -OCH3 is 1. The molecule has 142 valence electrons. The second-order valence-corrected chi connectivity index (χ2v) is 7.01. The number of pyridine rings is 1. The Labute approximate surface area is 177 Å². The number of imidazole rings is 1. The number of rotatable bonds is 4. The molecule has 4 rings (SSSR count). The number of nitriles is 1. The van der Waals surface area contributed by atoms with Crippen LogP contribution in [0.2, 0.25) is 10.0 Å². The highest BCUT2D eigenvalue weighted by Crippen LogP contribution is 2.37. The van der Waals surface area contributed by atoms with Crippen LogP contribution in [0.1, 0.15) is 5.69 Å². The Morgan fingerprint density at radius 3 is 2.41 bits per heavy atom. The summed E-state index contributed by atoms with van der Waals surface area (Å²) in [6, 6.07) is 20.8. The third-order valence-corrected chi connectivity index (χ3v) is 4.79. The summed E-state index contributed by atoms with van der Waals surface area (Å²) >= 11 is 12.5. The average molecular weight is 421 g/mol. The highest BCUT2D eigenvalue weighted by Gasteiger charge is 2.24. The molecule has 7 heteroatoms. The number of halogens is 2. The zero-order chi connectivity index (χ0) is 20.4. The molecule has 2 aromatic carbocycles. The topological polar surface area (TPSA) is 63.7 Å². The Hall–Kier alpha value is -3.33. The van der Waals surface area contributed by atoms with Crippen molar-refractivity contribution in [2.45, 2.75) is 0 Å². The Morgan fingerprint density at radius 1 is 0.966 bits per heavy atom. The molecule has 0 fully saturated rings. The van der Waals surface area contributed by atoms with Gasteiger partial charge >= 0.3 is 0 Å². The van der Waals surface area contributed by atoms with Crippen molar-refractivity contribution in [1.82, 2.24) is 14.5 Å². The summed E-state index contributed by atoms with van der Waals surface area (Å²) in [4.78, 5) is 8.90. The molecule has 0 unspecified atom stereocenters. The van der Waals surface area contributed by atoms with Gasteiger partial charge in [0, 0.05) is 22.3 Å². The molecule has 0 amide bonds. The van der Waals surface area contributed by atoms with Crippen LogP contribution < -0.4 is 4.74 Å². The van der Waals surface area contributed by atoms with Gasteiger partial charge in [0.25, 0.3) is 0 Å².